The summed E-state index contributed by atoms with van der Waals surface area (Å²) in [7, 11) is 0. The first-order valence-electron chi connectivity index (χ1n) is 7.77. The van der Waals surface area contributed by atoms with Gasteiger partial charge >= 0.3 is 0 Å². The Balaban J connectivity index is 2.06. The fourth-order valence-electron chi connectivity index (χ4n) is 2.70. The molecular weight excluding hydrogens is 284 g/mol. The van der Waals surface area contributed by atoms with E-state index < -0.39 is 4.92 Å². The molecule has 0 spiro atoms. The molecule has 0 aromatic heterocycles. The molecule has 1 heterocycles. The molecule has 0 N–H and O–H groups in total. The van der Waals surface area contributed by atoms with Gasteiger partial charge in [0.15, 0.2) is 0 Å². The number of ether oxygens (including phenoxy) is 1. The largest absolute Gasteiger partial charge is 0.378 e. The zero-order valence-corrected chi connectivity index (χ0v) is 12.9. The summed E-state index contributed by atoms with van der Waals surface area (Å²) in [6, 6.07) is 6.13. The van der Waals surface area contributed by atoms with Gasteiger partial charge in [-0.2, -0.15) is 0 Å². The highest BCUT2D eigenvalue weighted by Gasteiger charge is 2.26. The number of para-hydroxylation sites is 1. The summed E-state index contributed by atoms with van der Waals surface area (Å²) < 4.78 is 5.76. The van der Waals surface area contributed by atoms with Gasteiger partial charge in [0.1, 0.15) is 5.56 Å². The second-order valence-electron chi connectivity index (χ2n) is 5.49. The maximum absolute atomic E-state index is 12.6. The molecule has 1 saturated heterocycles. The number of nitro benzene ring substituents is 1. The van der Waals surface area contributed by atoms with Crippen molar-refractivity contribution >= 4 is 11.6 Å². The molecule has 1 atom stereocenters. The first-order chi connectivity index (χ1) is 10.6. The van der Waals surface area contributed by atoms with Crippen LogP contribution in [0.25, 0.3) is 0 Å². The molecule has 1 fully saturated rings. The van der Waals surface area contributed by atoms with Crippen LogP contribution in [0.1, 0.15) is 43.0 Å². The van der Waals surface area contributed by atoms with Crippen molar-refractivity contribution in [3.8, 4) is 0 Å². The standard InChI is InChI=1S/C16H22N2O4/c1-2-12-22-13-6-5-10-17(11-9-13)16(19)14-7-3-4-8-15(14)18(20)21/h3-4,7-8,13H,2,5-6,9-12H2,1H3. The van der Waals surface area contributed by atoms with Crippen LogP contribution in [0.2, 0.25) is 0 Å². The van der Waals surface area contributed by atoms with Crippen LogP contribution in [0.15, 0.2) is 24.3 Å². The SMILES string of the molecule is CCCOC1CCCN(C(=O)c2ccccc2[N+](=O)[O-])CC1. The second kappa shape index (κ2) is 7.89. The number of carbonyl (C=O) groups excluding carboxylic acids is 1. The van der Waals surface area contributed by atoms with Crippen molar-refractivity contribution in [1.29, 1.82) is 0 Å². The van der Waals surface area contributed by atoms with Crippen LogP contribution in [0.3, 0.4) is 0 Å². The summed E-state index contributed by atoms with van der Waals surface area (Å²) in [4.78, 5) is 24.8. The van der Waals surface area contributed by atoms with Gasteiger partial charge in [-0.25, -0.2) is 0 Å². The molecule has 0 bridgehead atoms. The highest BCUT2D eigenvalue weighted by molar-refractivity contribution is 5.98. The number of nitrogens with zero attached hydrogens (tertiary/aromatic N) is 2. The number of hydrogen-bond acceptors (Lipinski definition) is 4. The Bertz CT molecular complexity index is 533. The summed E-state index contributed by atoms with van der Waals surface area (Å²) in [6.45, 7) is 4.01. The zero-order chi connectivity index (χ0) is 15.9. The number of rotatable bonds is 5. The highest BCUT2D eigenvalue weighted by Crippen LogP contribution is 2.22. The monoisotopic (exact) mass is 306 g/mol. The maximum Gasteiger partial charge on any atom is 0.282 e. The van der Waals surface area contributed by atoms with E-state index in [0.29, 0.717) is 13.1 Å². The van der Waals surface area contributed by atoms with E-state index in [-0.39, 0.29) is 23.3 Å². The lowest BCUT2D eigenvalue weighted by atomic mass is 10.1. The molecule has 6 heteroatoms. The van der Waals surface area contributed by atoms with E-state index in [9.17, 15) is 14.9 Å². The number of hydrogen-bond donors (Lipinski definition) is 0. The average Bonchev–Trinajstić information content (AvgIpc) is 2.77. The topological polar surface area (TPSA) is 72.7 Å². The minimum atomic E-state index is -0.502. The van der Waals surface area contributed by atoms with Gasteiger partial charge in [-0.15, -0.1) is 0 Å². The van der Waals surface area contributed by atoms with E-state index in [2.05, 4.69) is 6.92 Å². The van der Waals surface area contributed by atoms with Crippen LogP contribution in [0.4, 0.5) is 5.69 Å². The van der Waals surface area contributed by atoms with Crippen molar-refractivity contribution in [3.05, 3.63) is 39.9 Å². The normalized spacial score (nSPS) is 18.8. The van der Waals surface area contributed by atoms with E-state index in [0.717, 1.165) is 32.3 Å². The maximum atomic E-state index is 12.6. The van der Waals surface area contributed by atoms with E-state index >= 15 is 0 Å². The Labute approximate surface area is 130 Å². The van der Waals surface area contributed by atoms with Crippen LogP contribution in [0.5, 0.6) is 0 Å². The lowest BCUT2D eigenvalue weighted by Gasteiger charge is -2.20. The van der Waals surface area contributed by atoms with Gasteiger partial charge in [-0.3, -0.25) is 14.9 Å². The summed E-state index contributed by atoms with van der Waals surface area (Å²) in [5.41, 5.74) is 0.0379. The number of benzene rings is 1. The highest BCUT2D eigenvalue weighted by atomic mass is 16.6. The van der Waals surface area contributed by atoms with Crippen molar-refractivity contribution in [3.63, 3.8) is 0 Å². The van der Waals surface area contributed by atoms with Crippen molar-refractivity contribution < 1.29 is 14.5 Å². The molecule has 0 aliphatic carbocycles. The molecule has 120 valence electrons. The summed E-state index contributed by atoms with van der Waals surface area (Å²) in [5.74, 6) is -0.261. The van der Waals surface area contributed by atoms with Crippen molar-refractivity contribution in [2.45, 2.75) is 38.7 Å². The predicted molar refractivity (Wildman–Crippen MR) is 82.9 cm³/mol. The quantitative estimate of drug-likeness (QED) is 0.619. The van der Waals surface area contributed by atoms with Crippen molar-refractivity contribution in [2.24, 2.45) is 0 Å². The van der Waals surface area contributed by atoms with Crippen LogP contribution in [0, 0.1) is 10.1 Å². The number of nitro groups is 1. The minimum Gasteiger partial charge on any atom is -0.378 e. The van der Waals surface area contributed by atoms with Gasteiger partial charge in [-0.1, -0.05) is 19.1 Å². The Morgan fingerprint density at radius 2 is 2.14 bits per heavy atom. The molecular formula is C16H22N2O4. The molecule has 6 nitrogen and oxygen atoms in total. The number of likely N-dealkylation sites (tertiary alicyclic amines) is 1. The van der Waals surface area contributed by atoms with E-state index in [4.69, 9.17) is 4.74 Å². The average molecular weight is 306 g/mol. The van der Waals surface area contributed by atoms with Gasteiger partial charge in [0.25, 0.3) is 11.6 Å². The van der Waals surface area contributed by atoms with E-state index in [1.165, 1.54) is 12.1 Å². The minimum absolute atomic E-state index is 0.129. The Morgan fingerprint density at radius 1 is 1.36 bits per heavy atom. The molecule has 22 heavy (non-hydrogen) atoms. The third kappa shape index (κ3) is 4.04. The van der Waals surface area contributed by atoms with Crippen LogP contribution < -0.4 is 0 Å². The molecule has 0 radical (unpaired) electrons. The van der Waals surface area contributed by atoms with Gasteiger partial charge < -0.3 is 9.64 Å². The molecule has 1 aromatic carbocycles. The van der Waals surface area contributed by atoms with Crippen LogP contribution >= 0.6 is 0 Å². The molecule has 1 aromatic rings. The molecule has 1 aliphatic heterocycles. The fourth-order valence-corrected chi connectivity index (χ4v) is 2.70. The van der Waals surface area contributed by atoms with Gasteiger partial charge in [0.05, 0.1) is 11.0 Å². The molecule has 2 rings (SSSR count). The Hall–Kier alpha value is -1.95. The van der Waals surface area contributed by atoms with Crippen LogP contribution in [-0.2, 0) is 4.74 Å². The molecule has 0 saturated carbocycles. The first-order valence-corrected chi connectivity index (χ1v) is 7.77. The Morgan fingerprint density at radius 3 is 2.86 bits per heavy atom. The van der Waals surface area contributed by atoms with Crippen molar-refractivity contribution in [1.82, 2.24) is 4.90 Å². The summed E-state index contributed by atoms with van der Waals surface area (Å²) >= 11 is 0. The zero-order valence-electron chi connectivity index (χ0n) is 12.9. The first kappa shape index (κ1) is 16.4. The van der Waals surface area contributed by atoms with E-state index in [1.54, 1.807) is 17.0 Å². The van der Waals surface area contributed by atoms with E-state index in [1.807, 2.05) is 0 Å². The predicted octanol–water partition coefficient (Wildman–Crippen LogP) is 3.02. The Kier molecular flexibility index (Phi) is 5.89. The number of carbonyl (C=O) groups is 1. The lowest BCUT2D eigenvalue weighted by Crippen LogP contribution is -2.32. The van der Waals surface area contributed by atoms with Gasteiger partial charge in [0, 0.05) is 25.8 Å². The van der Waals surface area contributed by atoms with Crippen LogP contribution in [-0.4, -0.2) is 41.5 Å². The van der Waals surface area contributed by atoms with Gasteiger partial charge in [-0.05, 0) is 31.7 Å². The molecule has 1 aliphatic rings. The van der Waals surface area contributed by atoms with Crippen molar-refractivity contribution in [2.75, 3.05) is 19.7 Å². The third-order valence-corrected chi connectivity index (χ3v) is 3.85. The molecule has 1 unspecified atom stereocenters. The summed E-state index contributed by atoms with van der Waals surface area (Å²) in [6.07, 6.45) is 3.74. The summed E-state index contributed by atoms with van der Waals surface area (Å²) in [5, 5.41) is 11.1. The number of amides is 1. The van der Waals surface area contributed by atoms with Gasteiger partial charge in [0.2, 0.25) is 0 Å². The smallest absolute Gasteiger partial charge is 0.282 e. The second-order valence-corrected chi connectivity index (χ2v) is 5.49. The lowest BCUT2D eigenvalue weighted by molar-refractivity contribution is -0.385. The fraction of sp³-hybridized carbons (Fsp3) is 0.562. The molecule has 1 amide bonds. The third-order valence-electron chi connectivity index (χ3n) is 3.85.